The number of rotatable bonds is 1. The smallest absolute Gasteiger partial charge is 0.153 e. The van der Waals surface area contributed by atoms with Gasteiger partial charge < -0.3 is 10.7 Å². The molecule has 3 nitrogen and oxygen atoms in total. The van der Waals surface area contributed by atoms with Crippen LogP contribution in [0.1, 0.15) is 18.7 Å². The summed E-state index contributed by atoms with van der Waals surface area (Å²) in [6, 6.07) is 3.81. The van der Waals surface area contributed by atoms with E-state index in [2.05, 4.69) is 9.97 Å². The van der Waals surface area contributed by atoms with E-state index in [1.165, 1.54) is 0 Å². The van der Waals surface area contributed by atoms with E-state index in [4.69, 9.17) is 17.3 Å². The Kier molecular flexibility index (Phi) is 1.98. The third-order valence-corrected chi connectivity index (χ3v) is 2.26. The number of nitrogens with one attached hydrogen (secondary N) is 1. The zero-order valence-electron chi connectivity index (χ0n) is 7.21. The third kappa shape index (κ3) is 1.41. The highest BCUT2D eigenvalue weighted by atomic mass is 35.5. The van der Waals surface area contributed by atoms with Crippen LogP contribution in [-0.4, -0.2) is 9.97 Å². The molecule has 0 saturated carbocycles. The molecule has 0 saturated heterocycles. The molecule has 3 N–H and O–H groups in total. The quantitative estimate of drug-likeness (QED) is 0.686. The lowest BCUT2D eigenvalue weighted by Gasteiger charge is -2.05. The van der Waals surface area contributed by atoms with Gasteiger partial charge in [0.1, 0.15) is 0 Å². The predicted octanol–water partition coefficient (Wildman–Crippen LogP) is 2.24. The van der Waals surface area contributed by atoms with Gasteiger partial charge in [0, 0.05) is 17.6 Å². The number of halogens is 1. The van der Waals surface area contributed by atoms with Crippen LogP contribution in [0.3, 0.4) is 0 Å². The highest BCUT2D eigenvalue weighted by Crippen LogP contribution is 2.22. The van der Waals surface area contributed by atoms with Crippen molar-refractivity contribution in [3.8, 4) is 0 Å². The summed E-state index contributed by atoms with van der Waals surface area (Å²) in [6.07, 6.45) is 1.84. The van der Waals surface area contributed by atoms with Crippen molar-refractivity contribution in [2.75, 3.05) is 0 Å². The van der Waals surface area contributed by atoms with E-state index in [1.807, 2.05) is 25.3 Å². The summed E-state index contributed by atoms with van der Waals surface area (Å²) in [6.45, 7) is 1.89. The van der Waals surface area contributed by atoms with Gasteiger partial charge in [0.25, 0.3) is 0 Å². The molecular weight excluding hydrogens is 186 g/mol. The van der Waals surface area contributed by atoms with Crippen LogP contribution in [0, 0.1) is 0 Å². The molecule has 0 spiro atoms. The highest BCUT2D eigenvalue weighted by molar-refractivity contribution is 6.33. The fourth-order valence-electron chi connectivity index (χ4n) is 1.27. The normalized spacial score (nSPS) is 13.5. The molecule has 0 aromatic carbocycles. The average Bonchev–Trinajstić information content (AvgIpc) is 2.51. The average molecular weight is 196 g/mol. The standard InChI is InChI=1S/C9H10ClN3/c1-5(11)7-4-6-2-3-12-8(6)9(10)13-7/h2-5,12H,11H2,1H3/t5-/m0/s1. The van der Waals surface area contributed by atoms with Gasteiger partial charge in [-0.05, 0) is 19.1 Å². The Morgan fingerprint density at radius 3 is 3.08 bits per heavy atom. The molecule has 0 bridgehead atoms. The molecule has 0 aliphatic carbocycles. The fraction of sp³-hybridized carbons (Fsp3) is 0.222. The number of H-pyrrole nitrogens is 1. The topological polar surface area (TPSA) is 54.7 Å². The molecule has 2 rings (SSSR count). The molecule has 0 amide bonds. The SMILES string of the molecule is C[C@H](N)c1cc2cc[nH]c2c(Cl)n1. The Hall–Kier alpha value is -1.06. The summed E-state index contributed by atoms with van der Waals surface area (Å²) in [5.41, 5.74) is 7.39. The van der Waals surface area contributed by atoms with Gasteiger partial charge in [0.2, 0.25) is 0 Å². The summed E-state index contributed by atoms with van der Waals surface area (Å²) in [4.78, 5) is 7.20. The van der Waals surface area contributed by atoms with Gasteiger partial charge in [-0.25, -0.2) is 4.98 Å². The summed E-state index contributed by atoms with van der Waals surface area (Å²) in [5.74, 6) is 0. The minimum absolute atomic E-state index is 0.0863. The predicted molar refractivity (Wildman–Crippen MR) is 53.7 cm³/mol. The van der Waals surface area contributed by atoms with Crippen molar-refractivity contribution in [2.45, 2.75) is 13.0 Å². The number of hydrogen-bond donors (Lipinski definition) is 2. The molecule has 13 heavy (non-hydrogen) atoms. The summed E-state index contributed by atoms with van der Waals surface area (Å²) in [7, 11) is 0. The molecule has 0 unspecified atom stereocenters. The van der Waals surface area contributed by atoms with Crippen molar-refractivity contribution in [1.29, 1.82) is 0 Å². The minimum atomic E-state index is -0.0863. The Labute approximate surface area is 80.9 Å². The molecule has 2 aromatic rings. The largest absolute Gasteiger partial charge is 0.359 e. The van der Waals surface area contributed by atoms with Crippen LogP contribution in [0.5, 0.6) is 0 Å². The molecule has 2 aromatic heterocycles. The number of nitrogens with zero attached hydrogens (tertiary/aromatic N) is 1. The number of aromatic nitrogens is 2. The molecule has 4 heteroatoms. The Morgan fingerprint density at radius 1 is 1.62 bits per heavy atom. The van der Waals surface area contributed by atoms with E-state index in [9.17, 15) is 0 Å². The lowest BCUT2D eigenvalue weighted by Crippen LogP contribution is -2.07. The van der Waals surface area contributed by atoms with Crippen LogP contribution in [0.2, 0.25) is 5.15 Å². The maximum absolute atomic E-state index is 5.95. The minimum Gasteiger partial charge on any atom is -0.359 e. The van der Waals surface area contributed by atoms with Gasteiger partial charge in [-0.15, -0.1) is 0 Å². The molecule has 0 aliphatic heterocycles. The maximum Gasteiger partial charge on any atom is 0.153 e. The van der Waals surface area contributed by atoms with Crippen molar-refractivity contribution < 1.29 is 0 Å². The van der Waals surface area contributed by atoms with Crippen molar-refractivity contribution >= 4 is 22.5 Å². The number of hydrogen-bond acceptors (Lipinski definition) is 2. The van der Waals surface area contributed by atoms with Crippen LogP contribution in [-0.2, 0) is 0 Å². The monoisotopic (exact) mass is 195 g/mol. The molecule has 0 fully saturated rings. The van der Waals surface area contributed by atoms with Crippen molar-refractivity contribution in [3.05, 3.63) is 29.2 Å². The van der Waals surface area contributed by atoms with Gasteiger partial charge in [-0.2, -0.15) is 0 Å². The van der Waals surface area contributed by atoms with E-state index in [-0.39, 0.29) is 6.04 Å². The summed E-state index contributed by atoms with van der Waals surface area (Å²) in [5, 5.41) is 1.53. The second-order valence-corrected chi connectivity index (χ2v) is 3.43. The first-order chi connectivity index (χ1) is 6.18. The number of pyridine rings is 1. The van der Waals surface area contributed by atoms with Crippen LogP contribution < -0.4 is 5.73 Å². The number of aromatic amines is 1. The first-order valence-corrected chi connectivity index (χ1v) is 4.45. The van der Waals surface area contributed by atoms with Gasteiger partial charge in [-0.1, -0.05) is 11.6 Å². The van der Waals surface area contributed by atoms with Crippen LogP contribution in [0.4, 0.5) is 0 Å². The molecule has 0 aliphatic rings. The molecular formula is C9H10ClN3. The summed E-state index contributed by atoms with van der Waals surface area (Å²) < 4.78 is 0. The second-order valence-electron chi connectivity index (χ2n) is 3.07. The highest BCUT2D eigenvalue weighted by Gasteiger charge is 2.07. The second kappa shape index (κ2) is 3.01. The zero-order chi connectivity index (χ0) is 9.42. The lowest BCUT2D eigenvalue weighted by molar-refractivity contribution is 0.784. The number of fused-ring (bicyclic) bond motifs is 1. The van der Waals surface area contributed by atoms with E-state index in [0.29, 0.717) is 5.15 Å². The van der Waals surface area contributed by atoms with Crippen molar-refractivity contribution in [1.82, 2.24) is 9.97 Å². The van der Waals surface area contributed by atoms with Crippen molar-refractivity contribution in [3.63, 3.8) is 0 Å². The Bertz CT molecular complexity index is 433. The Balaban J connectivity index is 2.70. The van der Waals surface area contributed by atoms with E-state index in [0.717, 1.165) is 16.6 Å². The van der Waals surface area contributed by atoms with Crippen LogP contribution in [0.25, 0.3) is 10.9 Å². The molecule has 1 atom stereocenters. The zero-order valence-corrected chi connectivity index (χ0v) is 7.97. The maximum atomic E-state index is 5.95. The first-order valence-electron chi connectivity index (χ1n) is 4.07. The summed E-state index contributed by atoms with van der Waals surface area (Å²) >= 11 is 5.95. The first kappa shape index (κ1) is 8.53. The van der Waals surface area contributed by atoms with Crippen molar-refractivity contribution in [2.24, 2.45) is 5.73 Å². The molecule has 0 radical (unpaired) electrons. The molecule has 2 heterocycles. The van der Waals surface area contributed by atoms with Gasteiger partial charge in [-0.3, -0.25) is 0 Å². The third-order valence-electron chi connectivity index (χ3n) is 1.98. The van der Waals surface area contributed by atoms with Crippen LogP contribution >= 0.6 is 11.6 Å². The van der Waals surface area contributed by atoms with Crippen LogP contribution in [0.15, 0.2) is 18.3 Å². The Morgan fingerprint density at radius 2 is 2.38 bits per heavy atom. The van der Waals surface area contributed by atoms with Gasteiger partial charge in [0.15, 0.2) is 5.15 Å². The lowest BCUT2D eigenvalue weighted by atomic mass is 10.2. The van der Waals surface area contributed by atoms with Gasteiger partial charge in [0.05, 0.1) is 11.2 Å². The van der Waals surface area contributed by atoms with E-state index >= 15 is 0 Å². The fourth-order valence-corrected chi connectivity index (χ4v) is 1.54. The number of nitrogens with two attached hydrogens (primary N) is 1. The van der Waals surface area contributed by atoms with E-state index in [1.54, 1.807) is 0 Å². The molecule has 68 valence electrons. The van der Waals surface area contributed by atoms with E-state index < -0.39 is 0 Å². The van der Waals surface area contributed by atoms with Gasteiger partial charge >= 0.3 is 0 Å².